The van der Waals surface area contributed by atoms with Gasteiger partial charge in [-0.3, -0.25) is 0 Å². The number of fused-ring (bicyclic) bond motifs is 7. The molecular formula is C57H36N4S. The lowest BCUT2D eigenvalue weighted by atomic mass is 9.90. The molecule has 0 saturated carbocycles. The molecule has 3 heterocycles. The van der Waals surface area contributed by atoms with Gasteiger partial charge in [-0.05, 0) is 58.1 Å². The Balaban J connectivity index is 1.15. The van der Waals surface area contributed by atoms with E-state index < -0.39 is 0 Å². The van der Waals surface area contributed by atoms with Crippen LogP contribution in [0.25, 0.3) is 115 Å². The molecule has 0 saturated heterocycles. The van der Waals surface area contributed by atoms with E-state index in [4.69, 9.17) is 15.0 Å². The number of rotatable bonds is 7. The van der Waals surface area contributed by atoms with E-state index in [1.54, 1.807) is 0 Å². The average molecular weight is 809 g/mol. The lowest BCUT2D eigenvalue weighted by Crippen LogP contribution is -2.01. The monoisotopic (exact) mass is 808 g/mol. The van der Waals surface area contributed by atoms with Gasteiger partial charge in [-0.25, -0.2) is 15.0 Å². The van der Waals surface area contributed by atoms with Gasteiger partial charge in [-0.15, -0.1) is 11.3 Å². The van der Waals surface area contributed by atoms with Crippen LogP contribution in [0.3, 0.4) is 0 Å². The first-order valence-corrected chi connectivity index (χ1v) is 21.7. The molecule has 0 bridgehead atoms. The van der Waals surface area contributed by atoms with Crippen LogP contribution in [0.4, 0.5) is 0 Å². The summed E-state index contributed by atoms with van der Waals surface area (Å²) in [6.07, 6.45) is 0. The van der Waals surface area contributed by atoms with E-state index in [0.29, 0.717) is 17.5 Å². The zero-order valence-corrected chi connectivity index (χ0v) is 34.3. The number of hydrogen-bond acceptors (Lipinski definition) is 4. The summed E-state index contributed by atoms with van der Waals surface area (Å²) in [4.78, 5) is 15.7. The maximum atomic E-state index is 5.31. The first-order chi connectivity index (χ1) is 30.8. The molecule has 5 heteroatoms. The van der Waals surface area contributed by atoms with Crippen LogP contribution in [-0.4, -0.2) is 19.5 Å². The van der Waals surface area contributed by atoms with Crippen molar-refractivity contribution in [1.29, 1.82) is 0 Å². The van der Waals surface area contributed by atoms with Gasteiger partial charge in [-0.1, -0.05) is 188 Å². The van der Waals surface area contributed by atoms with Gasteiger partial charge in [0.15, 0.2) is 17.5 Å². The molecule has 62 heavy (non-hydrogen) atoms. The third-order valence-corrected chi connectivity index (χ3v) is 13.1. The second-order valence-electron chi connectivity index (χ2n) is 15.5. The highest BCUT2D eigenvalue weighted by Crippen LogP contribution is 2.48. The van der Waals surface area contributed by atoms with Gasteiger partial charge < -0.3 is 4.57 Å². The molecule has 0 aliphatic heterocycles. The van der Waals surface area contributed by atoms with Crippen molar-refractivity contribution >= 4 is 53.3 Å². The zero-order chi connectivity index (χ0) is 41.0. The van der Waals surface area contributed by atoms with Gasteiger partial charge in [0.1, 0.15) is 0 Å². The minimum Gasteiger partial charge on any atom is -0.309 e. The summed E-state index contributed by atoms with van der Waals surface area (Å²) in [5.41, 5.74) is 13.1. The van der Waals surface area contributed by atoms with Crippen LogP contribution < -0.4 is 0 Å². The summed E-state index contributed by atoms with van der Waals surface area (Å²) in [5, 5.41) is 4.98. The largest absolute Gasteiger partial charge is 0.309 e. The van der Waals surface area contributed by atoms with Crippen LogP contribution in [0.2, 0.25) is 0 Å². The van der Waals surface area contributed by atoms with E-state index in [-0.39, 0.29) is 0 Å². The lowest BCUT2D eigenvalue weighted by Gasteiger charge is -2.16. The Morgan fingerprint density at radius 3 is 1.58 bits per heavy atom. The van der Waals surface area contributed by atoms with Gasteiger partial charge in [0, 0.05) is 58.9 Å². The summed E-state index contributed by atoms with van der Waals surface area (Å²) < 4.78 is 4.91. The number of thiophene rings is 1. The van der Waals surface area contributed by atoms with Crippen molar-refractivity contribution < 1.29 is 0 Å². The summed E-state index contributed by atoms with van der Waals surface area (Å²) in [6.45, 7) is 0. The number of aromatic nitrogens is 4. The Labute approximate surface area is 362 Å². The Morgan fingerprint density at radius 1 is 0.339 bits per heavy atom. The Morgan fingerprint density at radius 2 is 0.887 bits per heavy atom. The second-order valence-corrected chi connectivity index (χ2v) is 16.6. The van der Waals surface area contributed by atoms with Gasteiger partial charge in [0.25, 0.3) is 0 Å². The molecule has 0 spiro atoms. The highest BCUT2D eigenvalue weighted by molar-refractivity contribution is 7.26. The minimum absolute atomic E-state index is 0.622. The predicted octanol–water partition coefficient (Wildman–Crippen LogP) is 15.3. The molecule has 0 amide bonds. The summed E-state index contributed by atoms with van der Waals surface area (Å²) in [6, 6.07) is 77.4. The zero-order valence-electron chi connectivity index (χ0n) is 33.5. The van der Waals surface area contributed by atoms with Gasteiger partial charge in [0.2, 0.25) is 0 Å². The normalized spacial score (nSPS) is 11.5. The quantitative estimate of drug-likeness (QED) is 0.161. The topological polar surface area (TPSA) is 43.6 Å². The maximum absolute atomic E-state index is 5.31. The molecule has 12 aromatic rings. The molecule has 0 atom stereocenters. The molecule has 0 radical (unpaired) electrons. The first-order valence-electron chi connectivity index (χ1n) is 20.9. The van der Waals surface area contributed by atoms with E-state index in [2.05, 4.69) is 187 Å². The standard InChI is InChI=1S/C57H36N4S/c1-5-18-37(19-6-1)42-26-13-14-27-43(42)40-32-33-44(49(36-40)57-59-55(38-20-7-2-8-21-38)58-56(60-57)39-22-9-3-10-23-39)47-29-17-30-48-52-51(62-54(47)48)35-34-46-45-28-15-16-31-50(45)61(53(46)52)41-24-11-4-12-25-41/h1-36H. The van der Waals surface area contributed by atoms with Crippen LogP contribution in [-0.2, 0) is 0 Å². The lowest BCUT2D eigenvalue weighted by molar-refractivity contribution is 1.07. The second kappa shape index (κ2) is 14.9. The molecule has 0 unspecified atom stereocenters. The van der Waals surface area contributed by atoms with Gasteiger partial charge in [0.05, 0.1) is 11.0 Å². The van der Waals surface area contributed by atoms with Gasteiger partial charge in [-0.2, -0.15) is 0 Å². The van der Waals surface area contributed by atoms with Crippen LogP contribution >= 0.6 is 11.3 Å². The van der Waals surface area contributed by atoms with Gasteiger partial charge >= 0.3 is 0 Å². The van der Waals surface area contributed by atoms with E-state index >= 15 is 0 Å². The SMILES string of the molecule is c1ccc(-c2nc(-c3ccccc3)nc(-c3cc(-c4ccccc4-c4ccccc4)ccc3-c3cccc4c3sc3ccc5c6ccccc6n(-c6ccccc6)c5c34)n2)cc1. The maximum Gasteiger partial charge on any atom is 0.164 e. The van der Waals surface area contributed by atoms with Crippen molar-refractivity contribution in [3.63, 3.8) is 0 Å². The molecule has 290 valence electrons. The molecule has 0 aliphatic rings. The van der Waals surface area contributed by atoms with Crippen LogP contribution in [0.1, 0.15) is 0 Å². The number of hydrogen-bond donors (Lipinski definition) is 0. The van der Waals surface area contributed by atoms with E-state index in [1.807, 2.05) is 47.7 Å². The van der Waals surface area contributed by atoms with Crippen LogP contribution in [0.15, 0.2) is 218 Å². The van der Waals surface area contributed by atoms with E-state index in [1.165, 1.54) is 53.1 Å². The average Bonchev–Trinajstić information content (AvgIpc) is 3.91. The van der Waals surface area contributed by atoms with E-state index in [0.717, 1.165) is 44.6 Å². The fraction of sp³-hybridized carbons (Fsp3) is 0. The molecule has 0 aliphatic carbocycles. The highest BCUT2D eigenvalue weighted by Gasteiger charge is 2.23. The fourth-order valence-corrected chi connectivity index (χ4v) is 10.3. The summed E-state index contributed by atoms with van der Waals surface area (Å²) in [7, 11) is 0. The Hall–Kier alpha value is -7.99. The summed E-state index contributed by atoms with van der Waals surface area (Å²) in [5.74, 6) is 1.88. The molecular weight excluding hydrogens is 773 g/mol. The van der Waals surface area contributed by atoms with E-state index in [9.17, 15) is 0 Å². The first kappa shape index (κ1) is 35.9. The van der Waals surface area contributed by atoms with Crippen molar-refractivity contribution in [3.8, 4) is 73.2 Å². The third kappa shape index (κ3) is 6.01. The predicted molar refractivity (Wildman–Crippen MR) is 260 cm³/mol. The molecule has 12 rings (SSSR count). The van der Waals surface area contributed by atoms with Crippen molar-refractivity contribution in [2.75, 3.05) is 0 Å². The van der Waals surface area contributed by atoms with Crippen LogP contribution in [0.5, 0.6) is 0 Å². The van der Waals surface area contributed by atoms with Crippen molar-refractivity contribution in [2.45, 2.75) is 0 Å². The molecule has 3 aromatic heterocycles. The number of benzene rings is 9. The number of nitrogens with zero attached hydrogens (tertiary/aromatic N) is 4. The summed E-state index contributed by atoms with van der Waals surface area (Å²) >= 11 is 1.85. The molecule has 9 aromatic carbocycles. The molecule has 4 nitrogen and oxygen atoms in total. The number of para-hydroxylation sites is 2. The van der Waals surface area contributed by atoms with Crippen molar-refractivity contribution in [3.05, 3.63) is 218 Å². The van der Waals surface area contributed by atoms with Crippen molar-refractivity contribution in [1.82, 2.24) is 19.5 Å². The molecule has 0 fully saturated rings. The Kier molecular flexibility index (Phi) is 8.65. The Bertz CT molecular complexity index is 3560. The fourth-order valence-electron chi connectivity index (χ4n) is 9.06. The third-order valence-electron chi connectivity index (χ3n) is 11.9. The van der Waals surface area contributed by atoms with Crippen molar-refractivity contribution in [2.24, 2.45) is 0 Å². The highest BCUT2D eigenvalue weighted by atomic mass is 32.1. The molecule has 0 N–H and O–H groups in total. The van der Waals surface area contributed by atoms with Crippen LogP contribution in [0, 0.1) is 0 Å². The smallest absolute Gasteiger partial charge is 0.164 e. The minimum atomic E-state index is 0.622.